The number of hydrogen-bond donors (Lipinski definition) is 2. The van der Waals surface area contributed by atoms with Crippen molar-refractivity contribution in [2.24, 2.45) is 17.3 Å². The molecule has 1 spiro atoms. The zero-order valence-corrected chi connectivity index (χ0v) is 16.3. The average Bonchev–Trinajstić information content (AvgIpc) is 2.56. The highest BCUT2D eigenvalue weighted by Gasteiger charge is 2.52. The molecule has 0 bridgehead atoms. The molecule has 2 heterocycles. The second-order valence-corrected chi connectivity index (χ2v) is 9.11. The number of anilines is 2. The van der Waals surface area contributed by atoms with E-state index in [9.17, 15) is 9.59 Å². The Bertz CT molecular complexity index is 751. The highest BCUT2D eigenvalue weighted by molar-refractivity contribution is 6.39. The molecule has 1 aliphatic heterocycles. The van der Waals surface area contributed by atoms with E-state index >= 15 is 0 Å². The first-order valence-corrected chi connectivity index (χ1v) is 10.2. The monoisotopic (exact) mass is 370 g/mol. The van der Waals surface area contributed by atoms with E-state index in [0.29, 0.717) is 35.3 Å². The van der Waals surface area contributed by atoms with E-state index in [2.05, 4.69) is 17.2 Å². The molecule has 0 aromatic carbocycles. The highest BCUT2D eigenvalue weighted by atomic mass is 16.2. The average molecular weight is 370 g/mol. The molecule has 0 unspecified atom stereocenters. The number of nitrogens with two attached hydrogens (primary N) is 1. The number of aryl methyl sites for hydroxylation is 1. The van der Waals surface area contributed by atoms with Gasteiger partial charge in [-0.05, 0) is 74.3 Å². The fourth-order valence-corrected chi connectivity index (χ4v) is 5.28. The van der Waals surface area contributed by atoms with Crippen LogP contribution in [-0.4, -0.2) is 34.3 Å². The predicted molar refractivity (Wildman–Crippen MR) is 105 cm³/mol. The highest BCUT2D eigenvalue weighted by Crippen LogP contribution is 2.60. The minimum Gasteiger partial charge on any atom is -0.383 e. The smallest absolute Gasteiger partial charge is 0.313 e. The van der Waals surface area contributed by atoms with Gasteiger partial charge in [0.15, 0.2) is 0 Å². The van der Waals surface area contributed by atoms with E-state index in [1.807, 2.05) is 11.8 Å². The van der Waals surface area contributed by atoms with Gasteiger partial charge in [-0.25, -0.2) is 4.98 Å². The molecule has 2 saturated carbocycles. The van der Waals surface area contributed by atoms with Crippen molar-refractivity contribution >= 4 is 23.3 Å². The Hall–Kier alpha value is -2.11. The van der Waals surface area contributed by atoms with E-state index in [-0.39, 0.29) is 6.04 Å². The first kappa shape index (κ1) is 18.3. The quantitative estimate of drug-likeness (QED) is 0.783. The summed E-state index contributed by atoms with van der Waals surface area (Å²) in [6.07, 6.45) is 10.2. The van der Waals surface area contributed by atoms with Crippen LogP contribution in [0.1, 0.15) is 57.4 Å². The number of carbonyl (C=O) groups excluding carboxylic acids is 2. The van der Waals surface area contributed by atoms with Crippen LogP contribution in [0, 0.1) is 24.2 Å². The molecule has 4 rings (SSSR count). The summed E-state index contributed by atoms with van der Waals surface area (Å²) < 4.78 is 0. The SMILES string of the molecule is Cc1cc(NC(=O)C(=O)N2C[C@H](C)CC[C@H]2C2CC3(CCC3)C2)cnc1N. The number of carbonyl (C=O) groups is 2. The van der Waals surface area contributed by atoms with Gasteiger partial charge in [0, 0.05) is 12.6 Å². The van der Waals surface area contributed by atoms with Crippen LogP contribution in [0.3, 0.4) is 0 Å². The molecule has 3 N–H and O–H groups in total. The lowest BCUT2D eigenvalue weighted by atomic mass is 9.50. The summed E-state index contributed by atoms with van der Waals surface area (Å²) in [7, 11) is 0. The number of likely N-dealkylation sites (tertiary alicyclic amines) is 1. The normalized spacial score (nSPS) is 27.0. The Morgan fingerprint density at radius 1 is 1.30 bits per heavy atom. The maximum atomic E-state index is 13.0. The molecular formula is C21H30N4O2. The summed E-state index contributed by atoms with van der Waals surface area (Å²) in [5.41, 5.74) is 7.60. The van der Waals surface area contributed by atoms with Gasteiger partial charge in [-0.1, -0.05) is 13.3 Å². The van der Waals surface area contributed by atoms with E-state index in [1.54, 1.807) is 6.07 Å². The number of aromatic nitrogens is 1. The number of nitrogens with one attached hydrogen (secondary N) is 1. The van der Waals surface area contributed by atoms with Gasteiger partial charge in [-0.3, -0.25) is 9.59 Å². The second kappa shape index (κ2) is 6.80. The molecule has 146 valence electrons. The van der Waals surface area contributed by atoms with Gasteiger partial charge in [0.1, 0.15) is 5.82 Å². The maximum Gasteiger partial charge on any atom is 0.313 e. The lowest BCUT2D eigenvalue weighted by Gasteiger charge is -2.58. The Morgan fingerprint density at radius 2 is 2.04 bits per heavy atom. The summed E-state index contributed by atoms with van der Waals surface area (Å²) in [4.78, 5) is 31.5. The Kier molecular flexibility index (Phi) is 4.60. The van der Waals surface area contributed by atoms with Crippen LogP contribution in [0.2, 0.25) is 0 Å². The number of piperidine rings is 1. The standard InChI is InChI=1S/C21H30N4O2/c1-13-4-5-17(15-9-21(10-15)6-3-7-21)25(12-13)20(27)19(26)24-16-8-14(2)18(22)23-11-16/h8,11,13,15,17H,3-7,9-10,12H2,1-2H3,(H2,22,23)(H,24,26)/t13-,17+/m1/s1. The molecule has 2 aliphatic carbocycles. The molecular weight excluding hydrogens is 340 g/mol. The first-order chi connectivity index (χ1) is 12.9. The molecule has 0 radical (unpaired) electrons. The summed E-state index contributed by atoms with van der Waals surface area (Å²) in [5.74, 6) is 0.457. The number of hydrogen-bond acceptors (Lipinski definition) is 4. The number of nitrogens with zero attached hydrogens (tertiary/aromatic N) is 2. The van der Waals surface area contributed by atoms with Crippen molar-refractivity contribution in [3.63, 3.8) is 0 Å². The lowest BCUT2D eigenvalue weighted by molar-refractivity contribution is -0.151. The van der Waals surface area contributed by atoms with Gasteiger partial charge in [0.2, 0.25) is 0 Å². The molecule has 2 atom stereocenters. The van der Waals surface area contributed by atoms with Crippen LogP contribution in [-0.2, 0) is 9.59 Å². The topological polar surface area (TPSA) is 88.3 Å². The van der Waals surface area contributed by atoms with Crippen molar-refractivity contribution in [3.8, 4) is 0 Å². The van der Waals surface area contributed by atoms with Gasteiger partial charge in [-0.2, -0.15) is 0 Å². The molecule has 6 nitrogen and oxygen atoms in total. The number of amides is 2. The zero-order valence-electron chi connectivity index (χ0n) is 16.3. The van der Waals surface area contributed by atoms with Crippen LogP contribution in [0.4, 0.5) is 11.5 Å². The van der Waals surface area contributed by atoms with E-state index in [1.165, 1.54) is 38.3 Å². The number of pyridine rings is 1. The minimum absolute atomic E-state index is 0.219. The zero-order chi connectivity index (χ0) is 19.2. The van der Waals surface area contributed by atoms with Crippen LogP contribution in [0.5, 0.6) is 0 Å². The van der Waals surface area contributed by atoms with Crippen LogP contribution < -0.4 is 11.1 Å². The van der Waals surface area contributed by atoms with Gasteiger partial charge in [0.25, 0.3) is 0 Å². The van der Waals surface area contributed by atoms with E-state index in [0.717, 1.165) is 18.4 Å². The summed E-state index contributed by atoms with van der Waals surface area (Å²) >= 11 is 0. The van der Waals surface area contributed by atoms with Gasteiger partial charge < -0.3 is 16.0 Å². The Morgan fingerprint density at radius 3 is 2.67 bits per heavy atom. The van der Waals surface area contributed by atoms with E-state index in [4.69, 9.17) is 5.73 Å². The fraction of sp³-hybridized carbons (Fsp3) is 0.667. The Balaban J connectivity index is 1.43. The molecule has 3 fully saturated rings. The first-order valence-electron chi connectivity index (χ1n) is 10.2. The fourth-order valence-electron chi connectivity index (χ4n) is 5.28. The van der Waals surface area contributed by atoms with Crippen LogP contribution in [0.25, 0.3) is 0 Å². The predicted octanol–water partition coefficient (Wildman–Crippen LogP) is 3.12. The summed E-state index contributed by atoms with van der Waals surface area (Å²) in [5, 5.41) is 2.71. The van der Waals surface area contributed by atoms with Crippen molar-refractivity contribution in [2.75, 3.05) is 17.6 Å². The van der Waals surface area contributed by atoms with Crippen molar-refractivity contribution in [3.05, 3.63) is 17.8 Å². The van der Waals surface area contributed by atoms with Crippen LogP contribution >= 0.6 is 0 Å². The molecule has 1 saturated heterocycles. The minimum atomic E-state index is -0.572. The third-order valence-corrected chi connectivity index (χ3v) is 7.04. The Labute approximate surface area is 160 Å². The van der Waals surface area contributed by atoms with Crippen molar-refractivity contribution in [1.82, 2.24) is 9.88 Å². The number of nitrogen functional groups attached to an aromatic ring is 1. The van der Waals surface area contributed by atoms with Crippen molar-refractivity contribution in [2.45, 2.75) is 64.8 Å². The molecule has 3 aliphatic rings. The molecule has 1 aromatic rings. The molecule has 2 amide bonds. The van der Waals surface area contributed by atoms with Crippen molar-refractivity contribution < 1.29 is 9.59 Å². The maximum absolute atomic E-state index is 13.0. The largest absolute Gasteiger partial charge is 0.383 e. The third-order valence-electron chi connectivity index (χ3n) is 7.04. The molecule has 27 heavy (non-hydrogen) atoms. The van der Waals surface area contributed by atoms with E-state index < -0.39 is 11.8 Å². The number of rotatable bonds is 2. The second-order valence-electron chi connectivity index (χ2n) is 9.11. The van der Waals surface area contributed by atoms with Gasteiger partial charge in [0.05, 0.1) is 11.9 Å². The molecule has 6 heteroatoms. The lowest BCUT2D eigenvalue weighted by Crippen LogP contribution is -2.58. The third kappa shape index (κ3) is 3.42. The van der Waals surface area contributed by atoms with Gasteiger partial charge >= 0.3 is 11.8 Å². The van der Waals surface area contributed by atoms with Gasteiger partial charge in [-0.15, -0.1) is 0 Å². The van der Waals surface area contributed by atoms with Crippen molar-refractivity contribution in [1.29, 1.82) is 0 Å². The summed E-state index contributed by atoms with van der Waals surface area (Å²) in [6.45, 7) is 4.67. The van der Waals surface area contributed by atoms with Crippen LogP contribution in [0.15, 0.2) is 12.3 Å². The molecule has 1 aromatic heterocycles. The summed E-state index contributed by atoms with van der Waals surface area (Å²) in [6, 6.07) is 1.97.